The van der Waals surface area contributed by atoms with Crippen molar-refractivity contribution < 1.29 is 4.79 Å². The summed E-state index contributed by atoms with van der Waals surface area (Å²) in [4.78, 5) is 47.3. The summed E-state index contributed by atoms with van der Waals surface area (Å²) in [7, 11) is 1.77. The molecule has 11 heteroatoms. The van der Waals surface area contributed by atoms with Gasteiger partial charge in [-0.05, 0) is 43.7 Å². The van der Waals surface area contributed by atoms with Crippen molar-refractivity contribution in [2.24, 2.45) is 7.05 Å². The number of hydrogen-bond donors (Lipinski definition) is 1. The van der Waals surface area contributed by atoms with Crippen LogP contribution in [0.15, 0.2) is 69.2 Å². The van der Waals surface area contributed by atoms with Crippen molar-refractivity contribution in [3.05, 3.63) is 91.6 Å². The van der Waals surface area contributed by atoms with E-state index in [-0.39, 0.29) is 31.6 Å². The molecule has 5 rings (SSSR count). The lowest BCUT2D eigenvalue weighted by molar-refractivity contribution is -0.113. The van der Waals surface area contributed by atoms with Crippen molar-refractivity contribution in [1.29, 1.82) is 0 Å². The zero-order valence-corrected chi connectivity index (χ0v) is 25.6. The third kappa shape index (κ3) is 5.71. The molecule has 1 saturated heterocycles. The summed E-state index contributed by atoms with van der Waals surface area (Å²) in [5, 5.41) is 3.33. The van der Waals surface area contributed by atoms with Gasteiger partial charge in [0.2, 0.25) is 0 Å². The predicted molar refractivity (Wildman–Crippen MR) is 175 cm³/mol. The Morgan fingerprint density at radius 1 is 0.952 bits per heavy atom. The number of nitrogens with one attached hydrogen (secondary N) is 1. The number of rotatable bonds is 11. The number of carbonyl (C=O) groups is 1. The van der Waals surface area contributed by atoms with Crippen molar-refractivity contribution in [1.82, 2.24) is 18.7 Å². The maximum absolute atomic E-state index is 13.8. The molecule has 4 heterocycles. The average molecular weight is 603 g/mol. The molecule has 3 aromatic heterocycles. The number of nitrogens with zero attached hydrogens (tertiary/aromatic N) is 5. The third-order valence-electron chi connectivity index (χ3n) is 7.41. The molecule has 1 aliphatic rings. The molecule has 1 N–H and O–H groups in total. The van der Waals surface area contributed by atoms with Crippen molar-refractivity contribution in [2.75, 3.05) is 16.8 Å². The highest BCUT2D eigenvalue weighted by Gasteiger charge is 2.38. The second kappa shape index (κ2) is 12.9. The minimum Gasteiger partial charge on any atom is -0.369 e. The van der Waals surface area contributed by atoms with Crippen LogP contribution in [-0.4, -0.2) is 35.5 Å². The van der Waals surface area contributed by atoms with E-state index in [1.807, 2.05) is 36.4 Å². The number of benzene rings is 1. The maximum Gasteiger partial charge on any atom is 0.296 e. The number of anilines is 2. The fourth-order valence-electron chi connectivity index (χ4n) is 5.08. The molecular weight excluding hydrogens is 569 g/mol. The first kappa shape index (κ1) is 29.5. The van der Waals surface area contributed by atoms with Gasteiger partial charge in [0.1, 0.15) is 17.2 Å². The number of amides is 1. The van der Waals surface area contributed by atoms with Crippen LogP contribution in [0.4, 0.5) is 11.5 Å². The Hall–Kier alpha value is -3.96. The fourth-order valence-corrected chi connectivity index (χ4v) is 6.34. The molecule has 0 saturated carbocycles. The minimum atomic E-state index is -0.449. The van der Waals surface area contributed by atoms with Crippen LogP contribution in [0.25, 0.3) is 17.4 Å². The number of para-hydroxylation sites is 1. The first-order chi connectivity index (χ1) is 20.3. The van der Waals surface area contributed by atoms with E-state index in [0.29, 0.717) is 29.4 Å². The van der Waals surface area contributed by atoms with Gasteiger partial charge < -0.3 is 5.32 Å². The molecule has 0 unspecified atom stereocenters. The summed E-state index contributed by atoms with van der Waals surface area (Å²) in [5.41, 5.74) is 1.61. The van der Waals surface area contributed by atoms with E-state index in [9.17, 15) is 14.4 Å². The van der Waals surface area contributed by atoms with Gasteiger partial charge in [0.05, 0.1) is 21.8 Å². The molecule has 0 radical (unpaired) electrons. The highest BCUT2D eigenvalue weighted by molar-refractivity contribution is 8.27. The molecule has 42 heavy (non-hydrogen) atoms. The molecule has 0 aliphatic carbocycles. The number of thiocarbonyl (C=S) groups is 1. The average Bonchev–Trinajstić information content (AvgIpc) is 3.38. The monoisotopic (exact) mass is 602 g/mol. The molecule has 4 aromatic rings. The van der Waals surface area contributed by atoms with Crippen LogP contribution in [0.2, 0.25) is 0 Å². The second-order valence-electron chi connectivity index (χ2n) is 10.2. The number of pyridine rings is 1. The Morgan fingerprint density at radius 2 is 1.67 bits per heavy atom. The standard InChI is InChI=1S/C31H34N6O3S2/c1-4-5-6-7-8-13-18-32-27-23(28(38)35-19-14-12-17-25(35)33-27)20-24-29(39)36(31(41)42-24)26-21(2)34(3)37(30(26)40)22-15-10-9-11-16-22/h9-12,14-17,19-20,32H,4-8,13,18H2,1-3H3/b24-20+. The number of unbranched alkanes of at least 4 members (excludes halogenated alkanes) is 5. The van der Waals surface area contributed by atoms with Crippen molar-refractivity contribution >= 4 is 57.4 Å². The Kier molecular flexibility index (Phi) is 9.08. The molecule has 218 valence electrons. The molecule has 1 aliphatic heterocycles. The van der Waals surface area contributed by atoms with E-state index in [1.165, 1.54) is 39.7 Å². The predicted octanol–water partition coefficient (Wildman–Crippen LogP) is 5.67. The lowest BCUT2D eigenvalue weighted by Gasteiger charge is -2.13. The first-order valence-electron chi connectivity index (χ1n) is 14.2. The van der Waals surface area contributed by atoms with Crippen molar-refractivity contribution in [3.63, 3.8) is 0 Å². The molecule has 9 nitrogen and oxygen atoms in total. The molecule has 1 amide bonds. The third-order valence-corrected chi connectivity index (χ3v) is 8.71. The van der Waals surface area contributed by atoms with Gasteiger partial charge in [0.25, 0.3) is 17.0 Å². The number of thioether (sulfide) groups is 1. The van der Waals surface area contributed by atoms with E-state index < -0.39 is 5.91 Å². The summed E-state index contributed by atoms with van der Waals surface area (Å²) in [6.45, 7) is 4.64. The SMILES string of the molecule is CCCCCCCCNc1nc2ccccn2c(=O)c1/C=C1/SC(=S)N(c2c(C)n(C)n(-c3ccccc3)c2=O)C1=O. The van der Waals surface area contributed by atoms with Crippen LogP contribution in [0.5, 0.6) is 0 Å². The normalized spacial score (nSPS) is 14.5. The summed E-state index contributed by atoms with van der Waals surface area (Å²) in [6, 6.07) is 14.6. The summed E-state index contributed by atoms with van der Waals surface area (Å²) >= 11 is 6.68. The summed E-state index contributed by atoms with van der Waals surface area (Å²) in [5.74, 6) is -0.0252. The van der Waals surface area contributed by atoms with Gasteiger partial charge >= 0.3 is 0 Å². The summed E-state index contributed by atoms with van der Waals surface area (Å²) in [6.07, 6.45) is 10.1. The van der Waals surface area contributed by atoms with Gasteiger partial charge in [-0.1, -0.05) is 87.3 Å². The molecule has 0 atom stereocenters. The van der Waals surface area contributed by atoms with Crippen LogP contribution in [0.3, 0.4) is 0 Å². The number of carbonyl (C=O) groups excluding carboxylic acids is 1. The van der Waals surface area contributed by atoms with Crippen molar-refractivity contribution in [3.8, 4) is 5.69 Å². The second-order valence-corrected chi connectivity index (χ2v) is 11.9. The van der Waals surface area contributed by atoms with Crippen LogP contribution in [0.1, 0.15) is 56.7 Å². The zero-order valence-electron chi connectivity index (χ0n) is 24.0. The smallest absolute Gasteiger partial charge is 0.296 e. The Morgan fingerprint density at radius 3 is 2.43 bits per heavy atom. The highest BCUT2D eigenvalue weighted by Crippen LogP contribution is 2.36. The largest absolute Gasteiger partial charge is 0.369 e. The maximum atomic E-state index is 13.8. The van der Waals surface area contributed by atoms with Crippen LogP contribution in [-0.2, 0) is 11.8 Å². The fraction of sp³-hybridized carbons (Fsp3) is 0.323. The molecular formula is C31H34N6O3S2. The first-order valence-corrected chi connectivity index (χ1v) is 15.4. The van der Waals surface area contributed by atoms with E-state index in [1.54, 1.807) is 43.1 Å². The van der Waals surface area contributed by atoms with Gasteiger partial charge in [-0.15, -0.1) is 0 Å². The Balaban J connectivity index is 1.49. The lowest BCUT2D eigenvalue weighted by Crippen LogP contribution is -2.33. The summed E-state index contributed by atoms with van der Waals surface area (Å²) < 4.78 is 4.91. The number of hydrogen-bond acceptors (Lipinski definition) is 7. The van der Waals surface area contributed by atoms with Gasteiger partial charge in [-0.3, -0.25) is 28.4 Å². The quantitative estimate of drug-likeness (QED) is 0.134. The van der Waals surface area contributed by atoms with Gasteiger partial charge in [0, 0.05) is 19.8 Å². The van der Waals surface area contributed by atoms with Crippen molar-refractivity contribution in [2.45, 2.75) is 52.4 Å². The Bertz CT molecular complexity index is 1790. The molecule has 1 fully saturated rings. The van der Waals surface area contributed by atoms with Crippen LogP contribution in [0, 0.1) is 6.92 Å². The number of aromatic nitrogens is 4. The highest BCUT2D eigenvalue weighted by atomic mass is 32.2. The lowest BCUT2D eigenvalue weighted by atomic mass is 10.1. The minimum absolute atomic E-state index is 0.196. The number of fused-ring (bicyclic) bond motifs is 1. The van der Waals surface area contributed by atoms with Crippen LogP contribution < -0.4 is 21.3 Å². The Labute approximate surface area is 253 Å². The molecule has 1 aromatic carbocycles. The van der Waals surface area contributed by atoms with E-state index in [0.717, 1.165) is 24.6 Å². The van der Waals surface area contributed by atoms with E-state index in [2.05, 4.69) is 12.2 Å². The van der Waals surface area contributed by atoms with Gasteiger partial charge in [-0.25, -0.2) is 9.67 Å². The van der Waals surface area contributed by atoms with E-state index >= 15 is 0 Å². The topological polar surface area (TPSA) is 93.6 Å². The van der Waals surface area contributed by atoms with E-state index in [4.69, 9.17) is 17.2 Å². The van der Waals surface area contributed by atoms with Gasteiger partial charge in [-0.2, -0.15) is 0 Å². The zero-order chi connectivity index (χ0) is 29.8. The van der Waals surface area contributed by atoms with Crippen LogP contribution >= 0.6 is 24.0 Å². The van der Waals surface area contributed by atoms with Gasteiger partial charge in [0.15, 0.2) is 4.32 Å². The molecule has 0 spiro atoms. The molecule has 0 bridgehead atoms.